The van der Waals surface area contributed by atoms with Crippen LogP contribution < -0.4 is 14.4 Å². The Morgan fingerprint density at radius 3 is 2.18 bits per heavy atom. The van der Waals surface area contributed by atoms with Gasteiger partial charge in [0.1, 0.15) is 11.5 Å². The van der Waals surface area contributed by atoms with Gasteiger partial charge in [-0.2, -0.15) is 0 Å². The smallest absolute Gasteiger partial charge is 0.258 e. The number of hydrogen-bond acceptors (Lipinski definition) is 3. The van der Waals surface area contributed by atoms with E-state index < -0.39 is 0 Å². The second-order valence-corrected chi connectivity index (χ2v) is 4.64. The maximum absolute atomic E-state index is 12.8. The molecule has 0 aliphatic carbocycles. The largest absolute Gasteiger partial charge is 0.497 e. The van der Waals surface area contributed by atoms with Crippen molar-refractivity contribution in [3.63, 3.8) is 0 Å². The fraction of sp³-hybridized carbons (Fsp3) is 0.167. The first-order chi connectivity index (χ1) is 10.7. The maximum atomic E-state index is 12.8. The van der Waals surface area contributed by atoms with E-state index in [9.17, 15) is 4.79 Å². The van der Waals surface area contributed by atoms with Crippen molar-refractivity contribution < 1.29 is 14.3 Å². The van der Waals surface area contributed by atoms with Crippen molar-refractivity contribution in [3.8, 4) is 11.5 Å². The van der Waals surface area contributed by atoms with Crippen LogP contribution in [0.2, 0.25) is 0 Å². The van der Waals surface area contributed by atoms with Crippen LogP contribution in [0.25, 0.3) is 0 Å². The van der Waals surface area contributed by atoms with Gasteiger partial charge in [-0.05, 0) is 24.3 Å². The Morgan fingerprint density at radius 2 is 1.68 bits per heavy atom. The van der Waals surface area contributed by atoms with Crippen LogP contribution in [0.3, 0.4) is 0 Å². The average Bonchev–Trinajstić information content (AvgIpc) is 2.59. The number of anilines is 1. The monoisotopic (exact) mass is 297 g/mol. The van der Waals surface area contributed by atoms with E-state index in [2.05, 4.69) is 6.58 Å². The summed E-state index contributed by atoms with van der Waals surface area (Å²) < 4.78 is 10.4. The average molecular weight is 297 g/mol. The number of carbonyl (C=O) groups excluding carboxylic acids is 1. The quantitative estimate of drug-likeness (QED) is 0.766. The van der Waals surface area contributed by atoms with Gasteiger partial charge >= 0.3 is 0 Å². The highest BCUT2D eigenvalue weighted by molar-refractivity contribution is 6.06. The van der Waals surface area contributed by atoms with Crippen LogP contribution in [-0.2, 0) is 0 Å². The molecule has 0 fully saturated rings. The zero-order valence-electron chi connectivity index (χ0n) is 12.8. The Labute approximate surface area is 130 Å². The molecule has 0 aliphatic heterocycles. The first-order valence-electron chi connectivity index (χ1n) is 6.90. The van der Waals surface area contributed by atoms with Crippen LogP contribution in [0, 0.1) is 0 Å². The maximum Gasteiger partial charge on any atom is 0.258 e. The molecule has 0 radical (unpaired) electrons. The van der Waals surface area contributed by atoms with E-state index in [-0.39, 0.29) is 5.91 Å². The molecule has 0 saturated carbocycles. The lowest BCUT2D eigenvalue weighted by Crippen LogP contribution is -2.31. The van der Waals surface area contributed by atoms with Crippen molar-refractivity contribution in [2.24, 2.45) is 0 Å². The van der Waals surface area contributed by atoms with Crippen molar-refractivity contribution in [1.29, 1.82) is 0 Å². The molecule has 0 N–H and O–H groups in total. The lowest BCUT2D eigenvalue weighted by molar-refractivity contribution is 0.0989. The molecule has 0 saturated heterocycles. The number of para-hydroxylation sites is 1. The zero-order chi connectivity index (χ0) is 15.9. The summed E-state index contributed by atoms with van der Waals surface area (Å²) in [5.41, 5.74) is 1.32. The molecular formula is C18H19NO3. The van der Waals surface area contributed by atoms with Crippen LogP contribution in [-0.4, -0.2) is 26.7 Å². The number of benzene rings is 2. The van der Waals surface area contributed by atoms with E-state index in [1.165, 1.54) is 0 Å². The predicted octanol–water partition coefficient (Wildman–Crippen LogP) is 3.54. The first kappa shape index (κ1) is 15.6. The molecule has 2 aromatic rings. The van der Waals surface area contributed by atoms with Crippen molar-refractivity contribution in [2.45, 2.75) is 0 Å². The Hall–Kier alpha value is -2.75. The Bertz CT molecular complexity index is 630. The summed E-state index contributed by atoms with van der Waals surface area (Å²) in [6.07, 6.45) is 1.70. The summed E-state index contributed by atoms with van der Waals surface area (Å²) in [6, 6.07) is 14.6. The predicted molar refractivity (Wildman–Crippen MR) is 87.9 cm³/mol. The summed E-state index contributed by atoms with van der Waals surface area (Å²) in [6.45, 7) is 4.15. The number of nitrogens with zero attached hydrogens (tertiary/aromatic N) is 1. The summed E-state index contributed by atoms with van der Waals surface area (Å²) in [5.74, 6) is 1.02. The molecule has 0 aromatic heterocycles. The summed E-state index contributed by atoms with van der Waals surface area (Å²) in [5, 5.41) is 0. The molecule has 4 heteroatoms. The lowest BCUT2D eigenvalue weighted by atomic mass is 10.1. The molecule has 0 unspecified atom stereocenters. The first-order valence-corrected chi connectivity index (χ1v) is 6.90. The molecule has 0 atom stereocenters. The van der Waals surface area contributed by atoms with E-state index in [1.54, 1.807) is 43.4 Å². The number of amides is 1. The third-order valence-corrected chi connectivity index (χ3v) is 3.22. The van der Waals surface area contributed by atoms with Crippen LogP contribution in [0.15, 0.2) is 61.2 Å². The topological polar surface area (TPSA) is 38.8 Å². The van der Waals surface area contributed by atoms with Gasteiger partial charge in [-0.15, -0.1) is 6.58 Å². The molecule has 0 spiro atoms. The lowest BCUT2D eigenvalue weighted by Gasteiger charge is -2.22. The number of ether oxygens (including phenoxy) is 2. The van der Waals surface area contributed by atoms with Crippen molar-refractivity contribution in [3.05, 3.63) is 66.7 Å². The molecule has 2 rings (SSSR count). The van der Waals surface area contributed by atoms with Crippen molar-refractivity contribution >= 4 is 11.6 Å². The Morgan fingerprint density at radius 1 is 1.09 bits per heavy atom. The van der Waals surface area contributed by atoms with Gasteiger partial charge in [0.15, 0.2) is 0 Å². The van der Waals surface area contributed by atoms with Gasteiger partial charge in [0.2, 0.25) is 0 Å². The minimum absolute atomic E-state index is 0.136. The van der Waals surface area contributed by atoms with Gasteiger partial charge < -0.3 is 14.4 Å². The molecule has 0 aliphatic rings. The number of rotatable bonds is 6. The fourth-order valence-electron chi connectivity index (χ4n) is 2.13. The molecule has 22 heavy (non-hydrogen) atoms. The van der Waals surface area contributed by atoms with Crippen molar-refractivity contribution in [2.75, 3.05) is 25.7 Å². The van der Waals surface area contributed by atoms with Gasteiger partial charge in [0, 0.05) is 23.9 Å². The second-order valence-electron chi connectivity index (χ2n) is 4.64. The van der Waals surface area contributed by atoms with Gasteiger partial charge in [-0.1, -0.05) is 24.3 Å². The van der Waals surface area contributed by atoms with Crippen LogP contribution in [0.5, 0.6) is 11.5 Å². The molecular weight excluding hydrogens is 278 g/mol. The SMILES string of the molecule is C=CCN(C(=O)c1cc(OC)cc(OC)c1)c1ccccc1. The minimum Gasteiger partial charge on any atom is -0.497 e. The van der Waals surface area contributed by atoms with Gasteiger partial charge in [-0.25, -0.2) is 0 Å². The number of hydrogen-bond donors (Lipinski definition) is 0. The van der Waals surface area contributed by atoms with E-state index in [4.69, 9.17) is 9.47 Å². The van der Waals surface area contributed by atoms with Gasteiger partial charge in [0.05, 0.1) is 14.2 Å². The second kappa shape index (κ2) is 7.31. The summed E-state index contributed by atoms with van der Waals surface area (Å²) in [4.78, 5) is 14.5. The van der Waals surface area contributed by atoms with Crippen LogP contribution in [0.1, 0.15) is 10.4 Å². The molecule has 4 nitrogen and oxygen atoms in total. The molecule has 1 amide bonds. The molecule has 0 heterocycles. The highest BCUT2D eigenvalue weighted by atomic mass is 16.5. The highest BCUT2D eigenvalue weighted by Gasteiger charge is 2.18. The minimum atomic E-state index is -0.136. The third-order valence-electron chi connectivity index (χ3n) is 3.22. The van der Waals surface area contributed by atoms with E-state index in [0.717, 1.165) is 5.69 Å². The zero-order valence-corrected chi connectivity index (χ0v) is 12.8. The standard InChI is InChI=1S/C18H19NO3/c1-4-10-19(15-8-6-5-7-9-15)18(20)14-11-16(21-2)13-17(12-14)22-3/h4-9,11-13H,1,10H2,2-3H3. The summed E-state index contributed by atoms with van der Waals surface area (Å²) in [7, 11) is 3.11. The van der Waals surface area contributed by atoms with E-state index in [0.29, 0.717) is 23.6 Å². The molecule has 114 valence electrons. The van der Waals surface area contributed by atoms with Gasteiger partial charge in [0.25, 0.3) is 5.91 Å². The van der Waals surface area contributed by atoms with E-state index in [1.807, 2.05) is 30.3 Å². The molecule has 2 aromatic carbocycles. The fourth-order valence-corrected chi connectivity index (χ4v) is 2.13. The number of carbonyl (C=O) groups is 1. The van der Waals surface area contributed by atoms with Gasteiger partial charge in [-0.3, -0.25) is 4.79 Å². The summed E-state index contributed by atoms with van der Waals surface area (Å²) >= 11 is 0. The highest BCUT2D eigenvalue weighted by Crippen LogP contribution is 2.25. The van der Waals surface area contributed by atoms with Crippen LogP contribution in [0.4, 0.5) is 5.69 Å². The number of methoxy groups -OCH3 is 2. The van der Waals surface area contributed by atoms with Crippen molar-refractivity contribution in [1.82, 2.24) is 0 Å². The molecule has 0 bridgehead atoms. The normalized spacial score (nSPS) is 9.91. The van der Waals surface area contributed by atoms with E-state index >= 15 is 0 Å². The Balaban J connectivity index is 2.41. The third kappa shape index (κ3) is 3.47. The Kier molecular flexibility index (Phi) is 5.20. The van der Waals surface area contributed by atoms with Crippen LogP contribution >= 0.6 is 0 Å².